The van der Waals surface area contributed by atoms with Gasteiger partial charge in [-0.05, 0) is 70.6 Å². The number of fused-ring (bicyclic) bond motifs is 1. The molecule has 2 fully saturated rings. The smallest absolute Gasteiger partial charge is 0.266 e. The molecule has 2 amide bonds. The standard InChI is InChI=1S/C30H20BrIN2O4/c31-20-11-14-22(15-12-20)33-29(36)25-26(18-7-3-1-4-8-18)34(38-28(25)30(33)37)24-16-13-21(32)17-23(24)27(35)19-9-5-2-6-10-19/h1-17,25-26,28H. The number of amides is 2. The molecule has 6 nitrogen and oxygen atoms in total. The van der Waals surface area contributed by atoms with E-state index in [9.17, 15) is 14.4 Å². The highest BCUT2D eigenvalue weighted by Gasteiger charge is 2.60. The molecule has 0 saturated carbocycles. The normalized spacial score (nSPS) is 20.6. The van der Waals surface area contributed by atoms with E-state index in [-0.39, 0.29) is 11.7 Å². The van der Waals surface area contributed by atoms with Crippen LogP contribution in [0.25, 0.3) is 0 Å². The fourth-order valence-corrected chi connectivity index (χ4v) is 5.84. The number of halogens is 2. The molecule has 0 bridgehead atoms. The number of carbonyl (C=O) groups excluding carboxylic acids is 3. The number of nitrogens with zero attached hydrogens (tertiary/aromatic N) is 2. The van der Waals surface area contributed by atoms with Gasteiger partial charge in [0.1, 0.15) is 5.92 Å². The zero-order valence-corrected chi connectivity index (χ0v) is 23.6. The molecule has 2 saturated heterocycles. The van der Waals surface area contributed by atoms with Gasteiger partial charge in [0.25, 0.3) is 5.91 Å². The van der Waals surface area contributed by atoms with Gasteiger partial charge < -0.3 is 0 Å². The van der Waals surface area contributed by atoms with Crippen molar-refractivity contribution in [3.05, 3.63) is 128 Å². The van der Waals surface area contributed by atoms with Gasteiger partial charge in [0.05, 0.1) is 17.4 Å². The Morgan fingerprint density at radius 2 is 1.47 bits per heavy atom. The van der Waals surface area contributed by atoms with Gasteiger partial charge in [-0.1, -0.05) is 76.6 Å². The molecular formula is C30H20BrIN2O4. The summed E-state index contributed by atoms with van der Waals surface area (Å²) >= 11 is 5.57. The number of benzene rings is 4. The number of rotatable bonds is 5. The molecule has 188 valence electrons. The Hall–Kier alpha value is -3.34. The molecule has 3 unspecified atom stereocenters. The van der Waals surface area contributed by atoms with Crippen molar-refractivity contribution in [2.75, 3.05) is 9.96 Å². The van der Waals surface area contributed by atoms with Crippen LogP contribution in [-0.4, -0.2) is 23.7 Å². The lowest BCUT2D eigenvalue weighted by Crippen LogP contribution is -2.37. The van der Waals surface area contributed by atoms with Crippen molar-refractivity contribution < 1.29 is 19.2 Å². The third-order valence-electron chi connectivity index (χ3n) is 6.82. The second-order valence-electron chi connectivity index (χ2n) is 9.08. The van der Waals surface area contributed by atoms with Crippen molar-refractivity contribution in [2.24, 2.45) is 5.92 Å². The van der Waals surface area contributed by atoms with Gasteiger partial charge in [0, 0.05) is 19.2 Å². The van der Waals surface area contributed by atoms with Crippen molar-refractivity contribution in [2.45, 2.75) is 12.1 Å². The number of ketones is 1. The van der Waals surface area contributed by atoms with E-state index >= 15 is 0 Å². The lowest BCUT2D eigenvalue weighted by Gasteiger charge is -2.30. The molecule has 4 aromatic carbocycles. The van der Waals surface area contributed by atoms with E-state index in [4.69, 9.17) is 4.84 Å². The molecule has 4 aromatic rings. The predicted molar refractivity (Wildman–Crippen MR) is 156 cm³/mol. The van der Waals surface area contributed by atoms with Crippen molar-refractivity contribution in [3.63, 3.8) is 0 Å². The molecule has 8 heteroatoms. The van der Waals surface area contributed by atoms with Crippen LogP contribution in [0.4, 0.5) is 11.4 Å². The number of hydroxylamine groups is 1. The predicted octanol–water partition coefficient (Wildman–Crippen LogP) is 6.34. The first-order valence-electron chi connectivity index (χ1n) is 12.0. The monoisotopic (exact) mass is 678 g/mol. The summed E-state index contributed by atoms with van der Waals surface area (Å²) in [4.78, 5) is 48.6. The minimum absolute atomic E-state index is 0.166. The lowest BCUT2D eigenvalue weighted by atomic mass is 9.90. The zero-order valence-electron chi connectivity index (χ0n) is 19.8. The van der Waals surface area contributed by atoms with Crippen LogP contribution in [0.15, 0.2) is 108 Å². The molecule has 2 aliphatic heterocycles. The van der Waals surface area contributed by atoms with E-state index in [1.807, 2.05) is 66.7 Å². The zero-order chi connectivity index (χ0) is 26.4. The van der Waals surface area contributed by atoms with Crippen molar-refractivity contribution in [1.82, 2.24) is 0 Å². The summed E-state index contributed by atoms with van der Waals surface area (Å²) in [7, 11) is 0. The van der Waals surface area contributed by atoms with Crippen molar-refractivity contribution in [3.8, 4) is 0 Å². The summed E-state index contributed by atoms with van der Waals surface area (Å²) in [5.41, 5.74) is 2.80. The highest BCUT2D eigenvalue weighted by atomic mass is 127. The van der Waals surface area contributed by atoms with Gasteiger partial charge in [-0.3, -0.25) is 19.2 Å². The van der Waals surface area contributed by atoms with E-state index in [1.54, 1.807) is 41.5 Å². The van der Waals surface area contributed by atoms with E-state index in [2.05, 4.69) is 38.5 Å². The summed E-state index contributed by atoms with van der Waals surface area (Å²) in [6.45, 7) is 0. The van der Waals surface area contributed by atoms with Crippen LogP contribution in [0.5, 0.6) is 0 Å². The Labute approximate surface area is 241 Å². The van der Waals surface area contributed by atoms with Crippen LogP contribution >= 0.6 is 38.5 Å². The van der Waals surface area contributed by atoms with Crippen molar-refractivity contribution >= 4 is 67.5 Å². The van der Waals surface area contributed by atoms with Crippen LogP contribution in [0.1, 0.15) is 27.5 Å². The van der Waals surface area contributed by atoms with Crippen molar-refractivity contribution in [1.29, 1.82) is 0 Å². The van der Waals surface area contributed by atoms with Gasteiger partial charge >= 0.3 is 0 Å². The summed E-state index contributed by atoms with van der Waals surface area (Å²) < 4.78 is 1.73. The Morgan fingerprint density at radius 3 is 2.16 bits per heavy atom. The van der Waals surface area contributed by atoms with Crippen LogP contribution in [0, 0.1) is 9.49 Å². The van der Waals surface area contributed by atoms with Gasteiger partial charge in [0.15, 0.2) is 11.9 Å². The Kier molecular flexibility index (Phi) is 6.63. The molecule has 0 aliphatic carbocycles. The van der Waals surface area contributed by atoms with Gasteiger partial charge in [-0.2, -0.15) is 0 Å². The van der Waals surface area contributed by atoms with E-state index in [1.165, 1.54) is 4.90 Å². The quantitative estimate of drug-likeness (QED) is 0.140. The maximum Gasteiger partial charge on any atom is 0.266 e. The summed E-state index contributed by atoms with van der Waals surface area (Å²) in [5, 5.41) is 1.59. The van der Waals surface area contributed by atoms with Crippen LogP contribution in [0.2, 0.25) is 0 Å². The fourth-order valence-electron chi connectivity index (χ4n) is 5.08. The number of carbonyl (C=O) groups is 3. The maximum atomic E-state index is 13.9. The average molecular weight is 679 g/mol. The first-order valence-corrected chi connectivity index (χ1v) is 13.8. The Morgan fingerprint density at radius 1 is 0.816 bits per heavy atom. The number of hydrogen-bond acceptors (Lipinski definition) is 5. The average Bonchev–Trinajstić information content (AvgIpc) is 3.45. The van der Waals surface area contributed by atoms with Gasteiger partial charge in [-0.25, -0.2) is 9.96 Å². The first-order chi connectivity index (χ1) is 18.4. The molecule has 6 rings (SSSR count). The molecule has 0 aromatic heterocycles. The summed E-state index contributed by atoms with van der Waals surface area (Å²) in [6.07, 6.45) is -1.02. The van der Waals surface area contributed by atoms with Gasteiger partial charge in [0.2, 0.25) is 5.91 Å². The molecule has 0 N–H and O–H groups in total. The SMILES string of the molecule is O=C(c1ccccc1)c1cc(I)ccc1N1OC2C(=O)N(c3ccc(Br)cc3)C(=O)C2C1c1ccccc1. The minimum Gasteiger partial charge on any atom is -0.289 e. The maximum absolute atomic E-state index is 13.9. The third kappa shape index (κ3) is 4.26. The van der Waals surface area contributed by atoms with E-state index in [0.29, 0.717) is 22.5 Å². The van der Waals surface area contributed by atoms with Crippen LogP contribution in [0.3, 0.4) is 0 Å². The lowest BCUT2D eigenvalue weighted by molar-refractivity contribution is -0.126. The minimum atomic E-state index is -1.02. The fraction of sp³-hybridized carbons (Fsp3) is 0.100. The largest absolute Gasteiger partial charge is 0.289 e. The molecule has 0 spiro atoms. The molecule has 2 heterocycles. The highest BCUT2D eigenvalue weighted by Crippen LogP contribution is 2.48. The molecular weight excluding hydrogens is 659 g/mol. The molecule has 0 radical (unpaired) electrons. The highest BCUT2D eigenvalue weighted by molar-refractivity contribution is 14.1. The second kappa shape index (κ2) is 10.1. The number of anilines is 2. The topological polar surface area (TPSA) is 66.9 Å². The molecule has 3 atom stereocenters. The second-order valence-corrected chi connectivity index (χ2v) is 11.2. The van der Waals surface area contributed by atoms with Gasteiger partial charge in [-0.15, -0.1) is 0 Å². The third-order valence-corrected chi connectivity index (χ3v) is 8.02. The number of imide groups is 1. The van der Waals surface area contributed by atoms with E-state index < -0.39 is 24.0 Å². The summed E-state index contributed by atoms with van der Waals surface area (Å²) in [6, 6.07) is 30.5. The Bertz CT molecular complexity index is 1550. The number of hydrogen-bond donors (Lipinski definition) is 0. The first kappa shape index (κ1) is 25.0. The van der Waals surface area contributed by atoms with Crippen LogP contribution < -0.4 is 9.96 Å². The van der Waals surface area contributed by atoms with Crippen LogP contribution in [-0.2, 0) is 14.4 Å². The molecule has 38 heavy (non-hydrogen) atoms. The molecule has 2 aliphatic rings. The van der Waals surface area contributed by atoms with E-state index in [0.717, 1.165) is 13.6 Å². The summed E-state index contributed by atoms with van der Waals surface area (Å²) in [5.74, 6) is -1.71. The Balaban J connectivity index is 1.46.